The van der Waals surface area contributed by atoms with Crippen LogP contribution in [-0.4, -0.2) is 55.4 Å². The van der Waals surface area contributed by atoms with E-state index in [-0.39, 0.29) is 0 Å². The number of ether oxygens (including phenoxy) is 1. The molecule has 1 aromatic rings. The van der Waals surface area contributed by atoms with E-state index >= 15 is 0 Å². The topological polar surface area (TPSA) is 90.9 Å². The smallest absolute Gasteiger partial charge is 0.408 e. The first-order valence-corrected chi connectivity index (χ1v) is 9.57. The van der Waals surface area contributed by atoms with E-state index in [1.165, 1.54) is 0 Å². The van der Waals surface area contributed by atoms with Crippen LogP contribution in [0, 0.1) is 0 Å². The van der Waals surface area contributed by atoms with Gasteiger partial charge in [0, 0.05) is 33.4 Å². The van der Waals surface area contributed by atoms with Crippen LogP contribution < -0.4 is 20.9 Å². The molecule has 0 aromatic carbocycles. The molecule has 0 aliphatic carbocycles. The molecule has 0 saturated heterocycles. The van der Waals surface area contributed by atoms with E-state index in [2.05, 4.69) is 25.9 Å². The van der Waals surface area contributed by atoms with Gasteiger partial charge in [-0.05, 0) is 59.2 Å². The Bertz CT molecular complexity index is 665. The van der Waals surface area contributed by atoms with Gasteiger partial charge in [-0.2, -0.15) is 0 Å². The minimum absolute atomic E-state index is 0.436. The number of amides is 1. The number of pyridine rings is 1. The normalized spacial score (nSPS) is 12.4. The third-order valence-corrected chi connectivity index (χ3v) is 3.57. The fraction of sp³-hybridized carbons (Fsp3) is 0.650. The van der Waals surface area contributed by atoms with Gasteiger partial charge in [-0.15, -0.1) is 0 Å². The highest BCUT2D eigenvalue weighted by Gasteiger charge is 2.24. The van der Waals surface area contributed by atoms with Gasteiger partial charge >= 0.3 is 6.09 Å². The third-order valence-electron chi connectivity index (χ3n) is 3.57. The second kappa shape index (κ2) is 10.1. The number of hydrogen-bond acceptors (Lipinski definition) is 5. The van der Waals surface area contributed by atoms with E-state index in [4.69, 9.17) is 4.74 Å². The molecule has 1 amide bonds. The quantitative estimate of drug-likeness (QED) is 0.488. The van der Waals surface area contributed by atoms with Crippen LogP contribution in [0.25, 0.3) is 0 Å². The van der Waals surface area contributed by atoms with E-state index in [0.29, 0.717) is 19.0 Å². The van der Waals surface area contributed by atoms with E-state index in [1.54, 1.807) is 6.20 Å². The number of guanidine groups is 1. The van der Waals surface area contributed by atoms with Gasteiger partial charge in [0.25, 0.3) is 0 Å². The van der Waals surface area contributed by atoms with E-state index in [9.17, 15) is 4.79 Å². The molecule has 1 rings (SSSR count). The van der Waals surface area contributed by atoms with Crippen molar-refractivity contribution in [3.8, 4) is 0 Å². The predicted molar refractivity (Wildman–Crippen MR) is 115 cm³/mol. The summed E-state index contributed by atoms with van der Waals surface area (Å²) in [5, 5.41) is 9.39. The fourth-order valence-corrected chi connectivity index (χ4v) is 2.24. The second-order valence-corrected chi connectivity index (χ2v) is 8.48. The molecule has 8 nitrogen and oxygen atoms in total. The van der Waals surface area contributed by atoms with E-state index < -0.39 is 17.2 Å². The largest absolute Gasteiger partial charge is 0.444 e. The summed E-state index contributed by atoms with van der Waals surface area (Å²) >= 11 is 0. The van der Waals surface area contributed by atoms with E-state index in [1.807, 2.05) is 72.7 Å². The minimum atomic E-state index is -0.528. The fourth-order valence-electron chi connectivity index (χ4n) is 2.24. The maximum absolute atomic E-state index is 12.0. The zero-order valence-electron chi connectivity index (χ0n) is 18.5. The molecule has 0 radical (unpaired) electrons. The molecule has 0 bridgehead atoms. The lowest BCUT2D eigenvalue weighted by Gasteiger charge is -2.29. The molecule has 8 heteroatoms. The number of carbonyl (C=O) groups excluding carboxylic acids is 1. The first kappa shape index (κ1) is 23.5. The minimum Gasteiger partial charge on any atom is -0.444 e. The summed E-state index contributed by atoms with van der Waals surface area (Å²) in [6.45, 7) is 13.2. The lowest BCUT2D eigenvalue weighted by molar-refractivity contribution is 0.0474. The van der Waals surface area contributed by atoms with Crippen LogP contribution in [0.4, 0.5) is 10.6 Å². The van der Waals surface area contributed by atoms with Crippen LogP contribution >= 0.6 is 0 Å². The summed E-state index contributed by atoms with van der Waals surface area (Å²) in [5.41, 5.74) is 0.0368. The highest BCUT2D eigenvalue weighted by Crippen LogP contribution is 2.11. The van der Waals surface area contributed by atoms with Crippen LogP contribution in [-0.2, 0) is 11.3 Å². The summed E-state index contributed by atoms with van der Waals surface area (Å²) in [5.74, 6) is 1.58. The molecule has 0 unspecified atom stereocenters. The van der Waals surface area contributed by atoms with Crippen LogP contribution in [0.3, 0.4) is 0 Å². The molecule has 1 aromatic heterocycles. The zero-order chi connectivity index (χ0) is 21.4. The van der Waals surface area contributed by atoms with Crippen molar-refractivity contribution in [3.05, 3.63) is 23.9 Å². The Hall–Kier alpha value is -2.51. The molecular formula is C20H36N6O2. The summed E-state index contributed by atoms with van der Waals surface area (Å²) in [6.07, 6.45) is 1.35. The Labute approximate surface area is 169 Å². The highest BCUT2D eigenvalue weighted by molar-refractivity contribution is 5.80. The first-order chi connectivity index (χ1) is 12.9. The summed E-state index contributed by atoms with van der Waals surface area (Å²) in [4.78, 5) is 22.9. The number of rotatable bonds is 7. The number of nitrogens with zero attached hydrogens (tertiary/aromatic N) is 3. The Morgan fingerprint density at radius 1 is 1.21 bits per heavy atom. The zero-order valence-corrected chi connectivity index (χ0v) is 18.5. The lowest BCUT2D eigenvalue weighted by atomic mass is 10.1. The molecule has 0 aliphatic heterocycles. The maximum Gasteiger partial charge on any atom is 0.408 e. The lowest BCUT2D eigenvalue weighted by Crippen LogP contribution is -2.54. The summed E-state index contributed by atoms with van der Waals surface area (Å²) in [7, 11) is 3.92. The van der Waals surface area contributed by atoms with Gasteiger partial charge in [0.1, 0.15) is 11.4 Å². The monoisotopic (exact) mass is 392 g/mol. The molecule has 0 atom stereocenters. The van der Waals surface area contributed by atoms with Crippen LogP contribution in [0.5, 0.6) is 0 Å². The van der Waals surface area contributed by atoms with Crippen molar-refractivity contribution in [2.45, 2.75) is 59.2 Å². The van der Waals surface area contributed by atoms with Gasteiger partial charge < -0.3 is 25.6 Å². The maximum atomic E-state index is 12.0. The van der Waals surface area contributed by atoms with Crippen molar-refractivity contribution >= 4 is 17.9 Å². The molecule has 0 saturated carbocycles. The van der Waals surface area contributed by atoms with Crippen LogP contribution in [0.15, 0.2) is 23.3 Å². The number of aromatic nitrogens is 1. The van der Waals surface area contributed by atoms with Crippen molar-refractivity contribution in [1.29, 1.82) is 0 Å². The number of hydrogen-bond donors (Lipinski definition) is 3. The Morgan fingerprint density at radius 2 is 1.89 bits per heavy atom. The highest BCUT2D eigenvalue weighted by atomic mass is 16.6. The summed E-state index contributed by atoms with van der Waals surface area (Å²) < 4.78 is 5.33. The predicted octanol–water partition coefficient (Wildman–Crippen LogP) is 2.51. The molecule has 0 aliphatic rings. The molecule has 0 spiro atoms. The Balaban J connectivity index is 2.69. The van der Waals surface area contributed by atoms with Crippen LogP contribution in [0.2, 0.25) is 0 Å². The molecular weight excluding hydrogens is 356 g/mol. The Kier molecular flexibility index (Phi) is 8.53. The average Bonchev–Trinajstić information content (AvgIpc) is 2.55. The number of nitrogens with one attached hydrogen (secondary N) is 3. The van der Waals surface area contributed by atoms with Crippen molar-refractivity contribution in [3.63, 3.8) is 0 Å². The summed E-state index contributed by atoms with van der Waals surface area (Å²) in [6, 6.07) is 3.97. The second-order valence-electron chi connectivity index (χ2n) is 8.48. The van der Waals surface area contributed by atoms with E-state index in [0.717, 1.165) is 17.9 Å². The van der Waals surface area contributed by atoms with Gasteiger partial charge in [-0.25, -0.2) is 14.8 Å². The molecule has 28 heavy (non-hydrogen) atoms. The third kappa shape index (κ3) is 9.43. The van der Waals surface area contributed by atoms with Gasteiger partial charge in [0.2, 0.25) is 0 Å². The van der Waals surface area contributed by atoms with Crippen molar-refractivity contribution in [2.24, 2.45) is 4.99 Å². The van der Waals surface area contributed by atoms with Gasteiger partial charge in [-0.1, -0.05) is 0 Å². The Morgan fingerprint density at radius 3 is 2.46 bits per heavy atom. The SMILES string of the molecule is CCNC(=NCc1ccnc(N(C)C)c1)NCC(C)(C)NC(=O)OC(C)(C)C. The molecule has 158 valence electrons. The number of aliphatic imine (C=N–C) groups is 1. The number of anilines is 1. The van der Waals surface area contributed by atoms with Crippen molar-refractivity contribution in [2.75, 3.05) is 32.1 Å². The van der Waals surface area contributed by atoms with Gasteiger partial charge in [-0.3, -0.25) is 0 Å². The standard InChI is InChI=1S/C20H36N6O2/c1-9-21-17(23-13-15-10-11-22-16(12-15)26(7)8)24-14-20(5,6)25-18(27)28-19(2,3)4/h10-12H,9,13-14H2,1-8H3,(H,25,27)(H2,21,23,24). The number of alkyl carbamates (subject to hydrolysis) is 1. The average molecular weight is 393 g/mol. The molecule has 3 N–H and O–H groups in total. The number of carbonyl (C=O) groups is 1. The first-order valence-electron chi connectivity index (χ1n) is 9.57. The van der Waals surface area contributed by atoms with Gasteiger partial charge in [0.05, 0.1) is 12.1 Å². The molecule has 1 heterocycles. The van der Waals surface area contributed by atoms with Gasteiger partial charge in [0.15, 0.2) is 5.96 Å². The van der Waals surface area contributed by atoms with Crippen LogP contribution in [0.1, 0.15) is 47.1 Å². The van der Waals surface area contributed by atoms with Crippen molar-refractivity contribution in [1.82, 2.24) is 20.9 Å². The molecule has 0 fully saturated rings. The van der Waals surface area contributed by atoms with Crippen molar-refractivity contribution < 1.29 is 9.53 Å².